The van der Waals surface area contributed by atoms with Gasteiger partial charge in [-0.2, -0.15) is 0 Å². The Kier molecular flexibility index (Phi) is 5.00. The summed E-state index contributed by atoms with van der Waals surface area (Å²) in [5, 5.41) is 12.1. The van der Waals surface area contributed by atoms with Crippen LogP contribution in [-0.2, 0) is 9.84 Å². The number of carbonyl (C=O) groups excluding carboxylic acids is 1. The van der Waals surface area contributed by atoms with E-state index in [2.05, 4.69) is 5.32 Å². The summed E-state index contributed by atoms with van der Waals surface area (Å²) >= 11 is 0. The first-order valence-electron chi connectivity index (χ1n) is 7.11. The number of rotatable bonds is 5. The third-order valence-electron chi connectivity index (χ3n) is 4.12. The van der Waals surface area contributed by atoms with Crippen molar-refractivity contribution in [2.24, 2.45) is 11.8 Å². The second-order valence-corrected chi connectivity index (χ2v) is 7.66. The molecule has 1 fully saturated rings. The van der Waals surface area contributed by atoms with Crippen LogP contribution < -0.4 is 5.32 Å². The van der Waals surface area contributed by atoms with E-state index in [0.717, 1.165) is 25.5 Å². The highest BCUT2D eigenvalue weighted by Gasteiger charge is 2.26. The maximum atomic E-state index is 12.0. The van der Waals surface area contributed by atoms with E-state index in [4.69, 9.17) is 0 Å². The van der Waals surface area contributed by atoms with E-state index < -0.39 is 9.84 Å². The molecule has 1 aromatic rings. The minimum absolute atomic E-state index is 0.170. The van der Waals surface area contributed by atoms with E-state index in [-0.39, 0.29) is 23.3 Å². The van der Waals surface area contributed by atoms with Gasteiger partial charge < -0.3 is 10.4 Å². The van der Waals surface area contributed by atoms with Gasteiger partial charge in [-0.25, -0.2) is 8.42 Å². The summed E-state index contributed by atoms with van der Waals surface area (Å²) in [6.45, 7) is 0.724. The summed E-state index contributed by atoms with van der Waals surface area (Å²) in [4.78, 5) is 12.2. The summed E-state index contributed by atoms with van der Waals surface area (Å²) < 4.78 is 22.7. The summed E-state index contributed by atoms with van der Waals surface area (Å²) in [5.74, 6) is 0.394. The van der Waals surface area contributed by atoms with Crippen LogP contribution in [0.3, 0.4) is 0 Å². The fourth-order valence-electron chi connectivity index (χ4n) is 2.80. The maximum absolute atomic E-state index is 12.0. The van der Waals surface area contributed by atoms with Crippen molar-refractivity contribution in [2.45, 2.75) is 24.2 Å². The van der Waals surface area contributed by atoms with Crippen LogP contribution in [0.4, 0.5) is 0 Å². The van der Waals surface area contributed by atoms with Crippen molar-refractivity contribution >= 4 is 15.7 Å². The van der Waals surface area contributed by atoms with Gasteiger partial charge in [0, 0.05) is 25.0 Å². The topological polar surface area (TPSA) is 83.5 Å². The van der Waals surface area contributed by atoms with Gasteiger partial charge in [-0.05, 0) is 48.9 Å². The molecule has 1 amide bonds. The molecule has 0 radical (unpaired) electrons. The maximum Gasteiger partial charge on any atom is 0.251 e. The number of amides is 1. The third kappa shape index (κ3) is 4.04. The van der Waals surface area contributed by atoms with Crippen molar-refractivity contribution in [1.82, 2.24) is 5.32 Å². The molecule has 6 heteroatoms. The average Bonchev–Trinajstić information content (AvgIpc) is 2.91. The van der Waals surface area contributed by atoms with Gasteiger partial charge in [-0.15, -0.1) is 0 Å². The highest BCUT2D eigenvalue weighted by Crippen LogP contribution is 2.30. The highest BCUT2D eigenvalue weighted by molar-refractivity contribution is 7.90. The molecule has 0 spiro atoms. The highest BCUT2D eigenvalue weighted by atomic mass is 32.2. The van der Waals surface area contributed by atoms with Crippen LogP contribution >= 0.6 is 0 Å². The van der Waals surface area contributed by atoms with E-state index in [0.29, 0.717) is 18.0 Å². The molecule has 1 saturated carbocycles. The Bertz CT molecular complexity index is 595. The largest absolute Gasteiger partial charge is 0.396 e. The number of hydrogen-bond acceptors (Lipinski definition) is 4. The summed E-state index contributed by atoms with van der Waals surface area (Å²) in [6.07, 6.45) is 4.27. The second-order valence-electron chi connectivity index (χ2n) is 5.64. The van der Waals surface area contributed by atoms with Gasteiger partial charge in [0.05, 0.1) is 4.90 Å². The second kappa shape index (κ2) is 6.58. The standard InChI is InChI=1S/C15H21NO4S/c1-21(19,20)14-7-5-11(6-8-14)15(18)16-9-12-3-2-4-13(12)10-17/h5-8,12-13,17H,2-4,9-10H2,1H3,(H,16,18). The lowest BCUT2D eigenvalue weighted by atomic mass is 9.97. The predicted molar refractivity (Wildman–Crippen MR) is 79.8 cm³/mol. The van der Waals surface area contributed by atoms with Gasteiger partial charge >= 0.3 is 0 Å². The summed E-state index contributed by atoms with van der Waals surface area (Å²) in [6, 6.07) is 5.92. The van der Waals surface area contributed by atoms with Crippen molar-refractivity contribution < 1.29 is 18.3 Å². The van der Waals surface area contributed by atoms with E-state index >= 15 is 0 Å². The Morgan fingerprint density at radius 3 is 2.43 bits per heavy atom. The van der Waals surface area contributed by atoms with Gasteiger partial charge in [0.2, 0.25) is 0 Å². The van der Waals surface area contributed by atoms with Crippen LogP contribution in [-0.4, -0.2) is 38.8 Å². The molecule has 116 valence electrons. The van der Waals surface area contributed by atoms with Gasteiger partial charge in [0.1, 0.15) is 0 Å². The van der Waals surface area contributed by atoms with Crippen LogP contribution in [0.5, 0.6) is 0 Å². The normalized spacial score (nSPS) is 22.2. The number of nitrogens with one attached hydrogen (secondary N) is 1. The van der Waals surface area contributed by atoms with E-state index in [1.54, 1.807) is 0 Å². The molecule has 2 atom stereocenters. The zero-order chi connectivity index (χ0) is 15.5. The SMILES string of the molecule is CS(=O)(=O)c1ccc(C(=O)NCC2CCCC2CO)cc1. The number of sulfone groups is 1. The Balaban J connectivity index is 1.94. The number of aliphatic hydroxyl groups excluding tert-OH is 1. The van der Waals surface area contributed by atoms with Gasteiger partial charge in [-0.1, -0.05) is 6.42 Å². The molecule has 2 N–H and O–H groups in total. The molecule has 0 aromatic heterocycles. The van der Waals surface area contributed by atoms with Crippen LogP contribution in [0.25, 0.3) is 0 Å². The van der Waals surface area contributed by atoms with Crippen molar-refractivity contribution in [3.05, 3.63) is 29.8 Å². The van der Waals surface area contributed by atoms with Crippen molar-refractivity contribution in [3.63, 3.8) is 0 Å². The Labute approximate surface area is 125 Å². The lowest BCUT2D eigenvalue weighted by Gasteiger charge is -2.17. The Morgan fingerprint density at radius 2 is 1.86 bits per heavy atom. The fraction of sp³-hybridized carbons (Fsp3) is 0.533. The number of benzene rings is 1. The summed E-state index contributed by atoms with van der Waals surface area (Å²) in [5.41, 5.74) is 0.445. The van der Waals surface area contributed by atoms with Crippen molar-refractivity contribution in [1.29, 1.82) is 0 Å². The number of hydrogen-bond donors (Lipinski definition) is 2. The van der Waals surface area contributed by atoms with Crippen LogP contribution in [0, 0.1) is 11.8 Å². The smallest absolute Gasteiger partial charge is 0.251 e. The predicted octanol–water partition coefficient (Wildman–Crippen LogP) is 1.23. The first kappa shape index (κ1) is 16.0. The molecule has 2 unspecified atom stereocenters. The summed E-state index contributed by atoms with van der Waals surface area (Å²) in [7, 11) is -3.24. The van der Waals surface area contributed by atoms with Crippen molar-refractivity contribution in [3.8, 4) is 0 Å². The molecule has 1 aromatic carbocycles. The van der Waals surface area contributed by atoms with E-state index in [1.165, 1.54) is 24.3 Å². The number of aliphatic hydroxyl groups is 1. The molecule has 21 heavy (non-hydrogen) atoms. The first-order valence-corrected chi connectivity index (χ1v) is 9.00. The molecule has 0 saturated heterocycles. The minimum atomic E-state index is -3.24. The molecule has 1 aliphatic rings. The lowest BCUT2D eigenvalue weighted by molar-refractivity contribution is 0.0937. The van der Waals surface area contributed by atoms with Gasteiger partial charge in [-0.3, -0.25) is 4.79 Å². The lowest BCUT2D eigenvalue weighted by Crippen LogP contribution is -2.31. The quantitative estimate of drug-likeness (QED) is 0.856. The van der Waals surface area contributed by atoms with Gasteiger partial charge in [0.15, 0.2) is 9.84 Å². The molecule has 0 bridgehead atoms. The van der Waals surface area contributed by atoms with Crippen molar-refractivity contribution in [2.75, 3.05) is 19.4 Å². The molecule has 2 rings (SSSR count). The average molecular weight is 311 g/mol. The van der Waals surface area contributed by atoms with Crippen LogP contribution in [0.15, 0.2) is 29.2 Å². The zero-order valence-electron chi connectivity index (χ0n) is 12.1. The Morgan fingerprint density at radius 1 is 1.24 bits per heavy atom. The van der Waals surface area contributed by atoms with E-state index in [1.807, 2.05) is 0 Å². The third-order valence-corrected chi connectivity index (χ3v) is 5.25. The minimum Gasteiger partial charge on any atom is -0.396 e. The van der Waals surface area contributed by atoms with E-state index in [9.17, 15) is 18.3 Å². The first-order chi connectivity index (χ1) is 9.91. The molecule has 1 aliphatic carbocycles. The molecule has 5 nitrogen and oxygen atoms in total. The molecular formula is C15H21NO4S. The van der Waals surface area contributed by atoms with Crippen LogP contribution in [0.2, 0.25) is 0 Å². The zero-order valence-corrected chi connectivity index (χ0v) is 12.9. The fourth-order valence-corrected chi connectivity index (χ4v) is 3.43. The number of carbonyl (C=O) groups is 1. The Hall–Kier alpha value is -1.40. The van der Waals surface area contributed by atoms with Crippen LogP contribution in [0.1, 0.15) is 29.6 Å². The molecular weight excluding hydrogens is 290 g/mol. The van der Waals surface area contributed by atoms with Gasteiger partial charge in [0.25, 0.3) is 5.91 Å². The molecule has 0 heterocycles. The molecule has 0 aliphatic heterocycles. The monoisotopic (exact) mass is 311 g/mol.